The van der Waals surface area contributed by atoms with Crippen LogP contribution < -0.4 is 5.84 Å². The summed E-state index contributed by atoms with van der Waals surface area (Å²) in [7, 11) is 0. The molecule has 0 aliphatic heterocycles. The quantitative estimate of drug-likeness (QED) is 0.572. The van der Waals surface area contributed by atoms with Crippen molar-refractivity contribution in [3.8, 4) is 0 Å². The Kier molecular flexibility index (Phi) is 7.20. The maximum atomic E-state index is 5.62. The first-order valence-electron chi connectivity index (χ1n) is 6.42. The number of rotatable bonds is 4. The molecule has 92 valence electrons. The summed E-state index contributed by atoms with van der Waals surface area (Å²) in [6.07, 6.45) is 6.45. The molecule has 0 atom stereocenters. The fourth-order valence-corrected chi connectivity index (χ4v) is 1.60. The minimum Gasteiger partial charge on any atom is -0.269 e. The van der Waals surface area contributed by atoms with Crippen LogP contribution in [0.4, 0.5) is 0 Å². The highest BCUT2D eigenvalue weighted by atomic mass is 15.4. The highest BCUT2D eigenvalue weighted by molar-refractivity contribution is 4.80. The lowest BCUT2D eigenvalue weighted by Gasteiger charge is -2.15. The molecule has 0 aromatic rings. The zero-order valence-corrected chi connectivity index (χ0v) is 11.3. The molecule has 0 spiro atoms. The fourth-order valence-electron chi connectivity index (χ4n) is 1.60. The van der Waals surface area contributed by atoms with E-state index in [1.807, 2.05) is 5.01 Å². The number of hydrazine groups is 1. The molecule has 0 aromatic carbocycles. The van der Waals surface area contributed by atoms with Crippen LogP contribution in [0.25, 0.3) is 0 Å². The van der Waals surface area contributed by atoms with Gasteiger partial charge in [0, 0.05) is 12.6 Å². The van der Waals surface area contributed by atoms with Crippen molar-refractivity contribution in [1.82, 2.24) is 5.01 Å². The molecule has 2 N–H and O–H groups in total. The molecule has 2 heteroatoms. The Balaban J connectivity index is 0.000000265. The summed E-state index contributed by atoms with van der Waals surface area (Å²) < 4.78 is 0. The van der Waals surface area contributed by atoms with Gasteiger partial charge >= 0.3 is 0 Å². The van der Waals surface area contributed by atoms with Gasteiger partial charge in [0.05, 0.1) is 0 Å². The summed E-state index contributed by atoms with van der Waals surface area (Å²) in [5, 5.41) is 1.96. The van der Waals surface area contributed by atoms with Crippen molar-refractivity contribution >= 4 is 0 Å². The van der Waals surface area contributed by atoms with Gasteiger partial charge in [-0.3, -0.25) is 5.84 Å². The van der Waals surface area contributed by atoms with Crippen LogP contribution in [0.3, 0.4) is 0 Å². The summed E-state index contributed by atoms with van der Waals surface area (Å²) in [5.74, 6) is 5.62. The van der Waals surface area contributed by atoms with Crippen molar-refractivity contribution in [2.45, 2.75) is 72.8 Å². The molecule has 0 aromatic heterocycles. The van der Waals surface area contributed by atoms with Crippen LogP contribution in [0.2, 0.25) is 0 Å². The van der Waals surface area contributed by atoms with E-state index in [1.54, 1.807) is 0 Å². The number of nitrogens with zero attached hydrogens (tertiary/aromatic N) is 1. The van der Waals surface area contributed by atoms with Gasteiger partial charge in [-0.25, -0.2) is 5.01 Å². The summed E-state index contributed by atoms with van der Waals surface area (Å²) >= 11 is 0. The van der Waals surface area contributed by atoms with Gasteiger partial charge in [-0.15, -0.1) is 0 Å². The molecule has 1 rings (SSSR count). The van der Waals surface area contributed by atoms with E-state index < -0.39 is 0 Å². The Morgan fingerprint density at radius 3 is 1.87 bits per heavy atom. The third-order valence-corrected chi connectivity index (χ3v) is 2.50. The van der Waals surface area contributed by atoms with Crippen molar-refractivity contribution < 1.29 is 0 Å². The Morgan fingerprint density at radius 2 is 1.67 bits per heavy atom. The van der Waals surface area contributed by atoms with Crippen molar-refractivity contribution in [3.05, 3.63) is 0 Å². The average Bonchev–Trinajstić information content (AvgIpc) is 2.85. The van der Waals surface area contributed by atoms with Crippen LogP contribution in [-0.2, 0) is 0 Å². The largest absolute Gasteiger partial charge is 0.269 e. The van der Waals surface area contributed by atoms with Crippen molar-refractivity contribution in [3.63, 3.8) is 0 Å². The fraction of sp³-hybridized carbons (Fsp3) is 1.00. The Bertz CT molecular complexity index is 145. The van der Waals surface area contributed by atoms with Gasteiger partial charge in [-0.05, 0) is 31.1 Å². The second-order valence-corrected chi connectivity index (χ2v) is 5.78. The van der Waals surface area contributed by atoms with Gasteiger partial charge in [-0.1, -0.05) is 41.0 Å². The average molecular weight is 214 g/mol. The highest BCUT2D eigenvalue weighted by Crippen LogP contribution is 2.23. The van der Waals surface area contributed by atoms with Gasteiger partial charge < -0.3 is 0 Å². The Morgan fingerprint density at radius 1 is 1.13 bits per heavy atom. The predicted octanol–water partition coefficient (Wildman–Crippen LogP) is 3.57. The number of hydrogen-bond acceptors (Lipinski definition) is 2. The van der Waals surface area contributed by atoms with Gasteiger partial charge in [-0.2, -0.15) is 0 Å². The molecule has 0 radical (unpaired) electrons. The predicted molar refractivity (Wildman–Crippen MR) is 68.6 cm³/mol. The Hall–Kier alpha value is -0.0800. The van der Waals surface area contributed by atoms with Crippen molar-refractivity contribution in [2.75, 3.05) is 6.54 Å². The molecule has 0 saturated heterocycles. The lowest BCUT2D eigenvalue weighted by atomic mass is 9.91. The summed E-state index contributed by atoms with van der Waals surface area (Å²) in [6, 6.07) is 0.731. The highest BCUT2D eigenvalue weighted by Gasteiger charge is 2.25. The lowest BCUT2D eigenvalue weighted by Crippen LogP contribution is -2.33. The SMILES string of the molecule is CCCC(C)(C)C.CCCN(N)C1CC1. The van der Waals surface area contributed by atoms with E-state index in [0.29, 0.717) is 5.41 Å². The molecule has 0 amide bonds. The zero-order chi connectivity index (χ0) is 11.9. The number of nitrogens with two attached hydrogens (primary N) is 1. The normalized spacial score (nSPS) is 16.2. The van der Waals surface area contributed by atoms with Crippen LogP contribution >= 0.6 is 0 Å². The topological polar surface area (TPSA) is 29.3 Å². The van der Waals surface area contributed by atoms with Gasteiger partial charge in [0.25, 0.3) is 0 Å². The molecule has 0 bridgehead atoms. The molecular formula is C13H30N2. The third-order valence-electron chi connectivity index (χ3n) is 2.50. The molecule has 1 aliphatic carbocycles. The lowest BCUT2D eigenvalue weighted by molar-refractivity contribution is 0.273. The first-order valence-corrected chi connectivity index (χ1v) is 6.42. The van der Waals surface area contributed by atoms with Crippen LogP contribution in [0.1, 0.15) is 66.7 Å². The first-order chi connectivity index (χ1) is 6.90. The van der Waals surface area contributed by atoms with Crippen LogP contribution in [0.15, 0.2) is 0 Å². The molecular weight excluding hydrogens is 184 g/mol. The van der Waals surface area contributed by atoms with E-state index in [0.717, 1.165) is 12.6 Å². The van der Waals surface area contributed by atoms with Crippen molar-refractivity contribution in [1.29, 1.82) is 0 Å². The van der Waals surface area contributed by atoms with Gasteiger partial charge in [0.1, 0.15) is 0 Å². The minimum absolute atomic E-state index is 0.550. The smallest absolute Gasteiger partial charge is 0.0242 e. The van der Waals surface area contributed by atoms with E-state index >= 15 is 0 Å². The molecule has 0 unspecified atom stereocenters. The standard InChI is InChI=1S/C7H16.C6H14N2/c1-5-6-7(2,3)4;1-2-5-8(7)6-3-4-6/h5-6H2,1-4H3;6H,2-5,7H2,1H3. The molecule has 1 aliphatic rings. The number of hydrogen-bond donors (Lipinski definition) is 1. The van der Waals surface area contributed by atoms with E-state index in [1.165, 1.54) is 32.1 Å². The second-order valence-electron chi connectivity index (χ2n) is 5.78. The van der Waals surface area contributed by atoms with Gasteiger partial charge in [0.2, 0.25) is 0 Å². The third kappa shape index (κ3) is 10.2. The molecule has 15 heavy (non-hydrogen) atoms. The molecule has 1 fully saturated rings. The maximum absolute atomic E-state index is 5.62. The van der Waals surface area contributed by atoms with Crippen LogP contribution in [0, 0.1) is 5.41 Å². The van der Waals surface area contributed by atoms with E-state index in [2.05, 4.69) is 34.6 Å². The maximum Gasteiger partial charge on any atom is 0.0242 e. The van der Waals surface area contributed by atoms with E-state index in [4.69, 9.17) is 5.84 Å². The van der Waals surface area contributed by atoms with Crippen LogP contribution in [-0.4, -0.2) is 17.6 Å². The minimum atomic E-state index is 0.550. The first kappa shape index (κ1) is 14.9. The van der Waals surface area contributed by atoms with Gasteiger partial charge in [0.15, 0.2) is 0 Å². The molecule has 2 nitrogen and oxygen atoms in total. The van der Waals surface area contributed by atoms with E-state index in [9.17, 15) is 0 Å². The van der Waals surface area contributed by atoms with Crippen molar-refractivity contribution in [2.24, 2.45) is 11.3 Å². The summed E-state index contributed by atoms with van der Waals surface area (Å²) in [4.78, 5) is 0. The molecule has 0 heterocycles. The Labute approximate surface area is 96.2 Å². The monoisotopic (exact) mass is 214 g/mol. The second kappa shape index (κ2) is 7.24. The summed E-state index contributed by atoms with van der Waals surface area (Å²) in [5.41, 5.74) is 0.550. The van der Waals surface area contributed by atoms with Crippen LogP contribution in [0.5, 0.6) is 0 Å². The zero-order valence-electron chi connectivity index (χ0n) is 11.3. The summed E-state index contributed by atoms with van der Waals surface area (Å²) in [6.45, 7) is 12.3. The molecule has 1 saturated carbocycles. The van der Waals surface area contributed by atoms with E-state index in [-0.39, 0.29) is 0 Å².